The van der Waals surface area contributed by atoms with Crippen LogP contribution in [-0.2, 0) is 11.3 Å². The predicted molar refractivity (Wildman–Crippen MR) is 69.7 cm³/mol. The van der Waals surface area contributed by atoms with Gasteiger partial charge in [0.25, 0.3) is 0 Å². The number of aliphatic carboxylic acids is 1. The van der Waals surface area contributed by atoms with Gasteiger partial charge < -0.3 is 20.9 Å². The Hall–Kier alpha value is -1.59. The summed E-state index contributed by atoms with van der Waals surface area (Å²) in [6.07, 6.45) is -0.0298. The molecule has 1 rings (SSSR count). The Labute approximate surface area is 107 Å². The van der Waals surface area contributed by atoms with Gasteiger partial charge >= 0.3 is 5.97 Å². The van der Waals surface area contributed by atoms with E-state index in [9.17, 15) is 4.79 Å². The third kappa shape index (κ3) is 4.73. The third-order valence-corrected chi connectivity index (χ3v) is 2.59. The molecule has 18 heavy (non-hydrogen) atoms. The molecule has 1 aromatic rings. The van der Waals surface area contributed by atoms with Gasteiger partial charge in [0.15, 0.2) is 0 Å². The minimum absolute atomic E-state index is 0.0298. The van der Waals surface area contributed by atoms with Crippen LogP contribution in [-0.4, -0.2) is 30.8 Å². The van der Waals surface area contributed by atoms with E-state index in [-0.39, 0.29) is 12.5 Å². The van der Waals surface area contributed by atoms with Gasteiger partial charge in [-0.2, -0.15) is 0 Å². The van der Waals surface area contributed by atoms with E-state index in [4.69, 9.17) is 15.6 Å². The van der Waals surface area contributed by atoms with Crippen LogP contribution >= 0.6 is 0 Å². The average molecular weight is 252 g/mol. The summed E-state index contributed by atoms with van der Waals surface area (Å²) in [4.78, 5) is 10.5. The van der Waals surface area contributed by atoms with E-state index in [1.165, 1.54) is 0 Å². The number of aryl methyl sites for hydroxylation is 1. The number of carboxylic acid groups (broad SMARTS) is 1. The molecule has 0 fully saturated rings. The quantitative estimate of drug-likeness (QED) is 0.671. The number of methoxy groups -OCH3 is 1. The largest absolute Gasteiger partial charge is 0.496 e. The summed E-state index contributed by atoms with van der Waals surface area (Å²) >= 11 is 0. The van der Waals surface area contributed by atoms with Crippen molar-refractivity contribution in [3.63, 3.8) is 0 Å². The standard InChI is InChI=1S/C13H20N2O3/c1-9-3-4-12(18-2)10(5-9)7-15-8-11(14)6-13(16)17/h3-5,11,15H,6-8,14H2,1-2H3,(H,16,17). The van der Waals surface area contributed by atoms with Crippen LogP contribution in [0.25, 0.3) is 0 Å². The summed E-state index contributed by atoms with van der Waals surface area (Å²) in [5.41, 5.74) is 7.86. The molecule has 0 bridgehead atoms. The van der Waals surface area contributed by atoms with E-state index in [1.807, 2.05) is 25.1 Å². The van der Waals surface area contributed by atoms with Crippen molar-refractivity contribution in [3.05, 3.63) is 29.3 Å². The molecule has 1 unspecified atom stereocenters. The van der Waals surface area contributed by atoms with Crippen LogP contribution in [0, 0.1) is 6.92 Å². The van der Waals surface area contributed by atoms with Crippen LogP contribution in [0.4, 0.5) is 0 Å². The second-order valence-electron chi connectivity index (χ2n) is 4.30. The molecule has 0 aromatic heterocycles. The van der Waals surface area contributed by atoms with E-state index in [1.54, 1.807) is 7.11 Å². The first kappa shape index (κ1) is 14.5. The zero-order valence-corrected chi connectivity index (χ0v) is 10.8. The highest BCUT2D eigenvalue weighted by atomic mass is 16.5. The fourth-order valence-electron chi connectivity index (χ4n) is 1.73. The first-order chi connectivity index (χ1) is 8.52. The molecular formula is C13H20N2O3. The van der Waals surface area contributed by atoms with Gasteiger partial charge in [0.1, 0.15) is 5.75 Å². The van der Waals surface area contributed by atoms with Gasteiger partial charge in [0, 0.05) is 24.7 Å². The molecule has 0 aliphatic carbocycles. The second-order valence-corrected chi connectivity index (χ2v) is 4.30. The van der Waals surface area contributed by atoms with Gasteiger partial charge in [-0.1, -0.05) is 17.7 Å². The van der Waals surface area contributed by atoms with Crippen LogP contribution < -0.4 is 15.8 Å². The van der Waals surface area contributed by atoms with E-state index < -0.39 is 5.97 Å². The fourth-order valence-corrected chi connectivity index (χ4v) is 1.73. The smallest absolute Gasteiger partial charge is 0.304 e. The molecule has 100 valence electrons. The molecule has 1 atom stereocenters. The van der Waals surface area contributed by atoms with Crippen molar-refractivity contribution in [2.75, 3.05) is 13.7 Å². The van der Waals surface area contributed by atoms with Crippen LogP contribution in [0.3, 0.4) is 0 Å². The number of nitrogens with one attached hydrogen (secondary N) is 1. The van der Waals surface area contributed by atoms with E-state index >= 15 is 0 Å². The van der Waals surface area contributed by atoms with Crippen LogP contribution in [0.2, 0.25) is 0 Å². The molecule has 5 heteroatoms. The topological polar surface area (TPSA) is 84.6 Å². The summed E-state index contributed by atoms with van der Waals surface area (Å²) in [6, 6.07) is 5.56. The van der Waals surface area contributed by atoms with Crippen molar-refractivity contribution in [2.24, 2.45) is 5.73 Å². The van der Waals surface area contributed by atoms with E-state index in [0.29, 0.717) is 13.1 Å². The predicted octanol–water partition coefficient (Wildman–Crippen LogP) is 0.895. The van der Waals surface area contributed by atoms with Gasteiger partial charge in [0.2, 0.25) is 0 Å². The molecule has 0 saturated heterocycles. The van der Waals surface area contributed by atoms with Gasteiger partial charge in [0.05, 0.1) is 13.5 Å². The maximum absolute atomic E-state index is 10.5. The van der Waals surface area contributed by atoms with Gasteiger partial charge in [-0.3, -0.25) is 4.79 Å². The van der Waals surface area contributed by atoms with Crippen LogP contribution in [0.15, 0.2) is 18.2 Å². The maximum Gasteiger partial charge on any atom is 0.304 e. The number of rotatable bonds is 7. The van der Waals surface area contributed by atoms with Crippen molar-refractivity contribution >= 4 is 5.97 Å². The maximum atomic E-state index is 10.5. The minimum Gasteiger partial charge on any atom is -0.496 e. The highest BCUT2D eigenvalue weighted by molar-refractivity contribution is 5.67. The van der Waals surface area contributed by atoms with Gasteiger partial charge in [-0.15, -0.1) is 0 Å². The number of ether oxygens (including phenoxy) is 1. The Morgan fingerprint density at radius 1 is 1.56 bits per heavy atom. The van der Waals surface area contributed by atoms with E-state index in [0.717, 1.165) is 16.9 Å². The third-order valence-electron chi connectivity index (χ3n) is 2.59. The first-order valence-electron chi connectivity index (χ1n) is 5.84. The minimum atomic E-state index is -0.877. The lowest BCUT2D eigenvalue weighted by Gasteiger charge is -2.13. The number of nitrogens with two attached hydrogens (primary N) is 1. The number of hydrogen-bond acceptors (Lipinski definition) is 4. The Bertz CT molecular complexity index is 407. The molecule has 0 heterocycles. The Morgan fingerprint density at radius 3 is 2.89 bits per heavy atom. The first-order valence-corrected chi connectivity index (χ1v) is 5.84. The summed E-state index contributed by atoms with van der Waals surface area (Å²) in [6.45, 7) is 3.08. The average Bonchev–Trinajstić information content (AvgIpc) is 2.28. The normalized spacial score (nSPS) is 12.2. The molecule has 1 aromatic carbocycles. The molecule has 0 amide bonds. The lowest BCUT2D eigenvalue weighted by atomic mass is 10.1. The number of carbonyl (C=O) groups is 1. The zero-order chi connectivity index (χ0) is 13.5. The number of hydrogen-bond donors (Lipinski definition) is 3. The van der Waals surface area contributed by atoms with Crippen molar-refractivity contribution in [2.45, 2.75) is 25.9 Å². The molecule has 0 aliphatic heterocycles. The Balaban J connectivity index is 2.48. The lowest BCUT2D eigenvalue weighted by molar-refractivity contribution is -0.137. The summed E-state index contributed by atoms with van der Waals surface area (Å²) < 4.78 is 5.26. The highest BCUT2D eigenvalue weighted by Gasteiger charge is 2.08. The second kappa shape index (κ2) is 6.98. The van der Waals surface area contributed by atoms with E-state index in [2.05, 4.69) is 5.32 Å². The monoisotopic (exact) mass is 252 g/mol. The van der Waals surface area contributed by atoms with Crippen LogP contribution in [0.1, 0.15) is 17.5 Å². The molecule has 5 nitrogen and oxygen atoms in total. The van der Waals surface area contributed by atoms with Crippen molar-refractivity contribution in [1.82, 2.24) is 5.32 Å². The SMILES string of the molecule is COc1ccc(C)cc1CNCC(N)CC(=O)O. The Kier molecular flexibility index (Phi) is 5.61. The summed E-state index contributed by atoms with van der Waals surface area (Å²) in [5, 5.41) is 11.7. The molecule has 0 radical (unpaired) electrons. The molecule has 0 saturated carbocycles. The van der Waals surface area contributed by atoms with Gasteiger partial charge in [-0.05, 0) is 13.0 Å². The molecule has 0 aliphatic rings. The van der Waals surface area contributed by atoms with Crippen molar-refractivity contribution in [3.8, 4) is 5.75 Å². The fraction of sp³-hybridized carbons (Fsp3) is 0.462. The van der Waals surface area contributed by atoms with Crippen molar-refractivity contribution in [1.29, 1.82) is 0 Å². The summed E-state index contributed by atoms with van der Waals surface area (Å²) in [7, 11) is 1.63. The van der Waals surface area contributed by atoms with Gasteiger partial charge in [-0.25, -0.2) is 0 Å². The number of carboxylic acids is 1. The molecule has 0 spiro atoms. The molecule has 4 N–H and O–H groups in total. The van der Waals surface area contributed by atoms with Crippen molar-refractivity contribution < 1.29 is 14.6 Å². The Morgan fingerprint density at radius 2 is 2.28 bits per heavy atom. The summed E-state index contributed by atoms with van der Waals surface area (Å²) in [5.74, 6) is -0.0580. The lowest BCUT2D eigenvalue weighted by Crippen LogP contribution is -2.35. The number of benzene rings is 1. The molecular weight excluding hydrogens is 232 g/mol. The highest BCUT2D eigenvalue weighted by Crippen LogP contribution is 2.19. The zero-order valence-electron chi connectivity index (χ0n) is 10.8. The van der Waals surface area contributed by atoms with Crippen LogP contribution in [0.5, 0.6) is 5.75 Å².